The van der Waals surface area contributed by atoms with Crippen LogP contribution in [0.25, 0.3) is 0 Å². The Morgan fingerprint density at radius 2 is 1.94 bits per heavy atom. The van der Waals surface area contributed by atoms with Crippen LogP contribution in [0.4, 0.5) is 4.79 Å². The van der Waals surface area contributed by atoms with Crippen molar-refractivity contribution < 1.29 is 23.1 Å². The van der Waals surface area contributed by atoms with Crippen molar-refractivity contribution >= 4 is 13.7 Å². The molecule has 0 aromatic rings. The van der Waals surface area contributed by atoms with E-state index in [0.717, 1.165) is 0 Å². The normalized spacial score (nSPS) is 25.3. The molecule has 2 atom stereocenters. The zero-order valence-corrected chi connectivity index (χ0v) is 10.7. The molecule has 6 nitrogen and oxygen atoms in total. The van der Waals surface area contributed by atoms with E-state index < -0.39 is 13.7 Å². The van der Waals surface area contributed by atoms with Gasteiger partial charge in [0, 0.05) is 0 Å². The lowest BCUT2D eigenvalue weighted by Crippen LogP contribution is -2.34. The number of hydrogen-bond donors (Lipinski definition) is 1. The highest BCUT2D eigenvalue weighted by molar-refractivity contribution is 7.53. The minimum atomic E-state index is -3.13. The first-order valence-corrected chi connectivity index (χ1v) is 7.08. The van der Waals surface area contributed by atoms with Gasteiger partial charge in [-0.1, -0.05) is 0 Å². The molecular weight excluding hydrogens is 233 g/mol. The van der Waals surface area contributed by atoms with Gasteiger partial charge in [0.2, 0.25) is 0 Å². The molecule has 1 rings (SSSR count). The van der Waals surface area contributed by atoms with E-state index in [1.165, 1.54) is 0 Å². The molecule has 0 spiro atoms. The number of alkyl carbamates (subject to hydrolysis) is 1. The zero-order chi connectivity index (χ0) is 12.2. The number of rotatable bonds is 6. The molecule has 7 heteroatoms. The maximum Gasteiger partial charge on any atom is 0.407 e. The smallest absolute Gasteiger partial charge is 0.407 e. The van der Waals surface area contributed by atoms with Gasteiger partial charge in [-0.2, -0.15) is 0 Å². The molecule has 1 amide bonds. The first-order chi connectivity index (χ1) is 7.50. The fraction of sp³-hybridized carbons (Fsp3) is 0.889. The highest BCUT2D eigenvalue weighted by atomic mass is 31.2. The van der Waals surface area contributed by atoms with Crippen LogP contribution in [0.1, 0.15) is 20.8 Å². The first-order valence-electron chi connectivity index (χ1n) is 5.36. The van der Waals surface area contributed by atoms with Gasteiger partial charge in [0.15, 0.2) is 0 Å². The first kappa shape index (κ1) is 13.5. The summed E-state index contributed by atoms with van der Waals surface area (Å²) >= 11 is 0. The molecule has 1 saturated heterocycles. The molecule has 0 radical (unpaired) electrons. The van der Waals surface area contributed by atoms with Crippen LogP contribution in [0, 0.1) is 0 Å². The lowest BCUT2D eigenvalue weighted by Gasteiger charge is -2.21. The number of carbonyl (C=O) groups is 1. The molecular formula is C9H18NO5P. The molecule has 1 aliphatic heterocycles. The Morgan fingerprint density at radius 3 is 2.31 bits per heavy atom. The lowest BCUT2D eigenvalue weighted by atomic mass is 10.2. The molecule has 1 fully saturated rings. The number of cyclic esters (lactones) is 1. The van der Waals surface area contributed by atoms with E-state index in [9.17, 15) is 9.36 Å². The summed E-state index contributed by atoms with van der Waals surface area (Å²) < 4.78 is 27.3. The number of hydrogen-bond acceptors (Lipinski definition) is 5. The Hall–Kier alpha value is -0.580. The summed E-state index contributed by atoms with van der Waals surface area (Å²) in [4.78, 5) is 11.0. The van der Waals surface area contributed by atoms with E-state index >= 15 is 0 Å². The van der Waals surface area contributed by atoms with Crippen molar-refractivity contribution in [2.75, 3.05) is 19.4 Å². The maximum atomic E-state index is 12.2. The van der Waals surface area contributed by atoms with E-state index in [1.54, 1.807) is 20.8 Å². The van der Waals surface area contributed by atoms with Crippen molar-refractivity contribution in [1.29, 1.82) is 0 Å². The molecule has 0 aromatic heterocycles. The molecule has 1 N–H and O–H groups in total. The quantitative estimate of drug-likeness (QED) is 0.728. The monoisotopic (exact) mass is 251 g/mol. The third kappa shape index (κ3) is 3.47. The SMILES string of the molecule is CCOP(=O)(C[C@@H]1NC(=O)O[C@@H]1C)OCC. The highest BCUT2D eigenvalue weighted by Gasteiger charge is 2.37. The Kier molecular flexibility index (Phi) is 4.77. The van der Waals surface area contributed by atoms with Crippen LogP contribution in [0.2, 0.25) is 0 Å². The molecule has 0 aromatic carbocycles. The summed E-state index contributed by atoms with van der Waals surface area (Å²) in [5, 5.41) is 2.58. The second-order valence-corrected chi connectivity index (χ2v) is 5.59. The zero-order valence-electron chi connectivity index (χ0n) is 9.76. The number of nitrogens with one attached hydrogen (secondary N) is 1. The van der Waals surface area contributed by atoms with E-state index in [4.69, 9.17) is 13.8 Å². The third-order valence-corrected chi connectivity index (χ3v) is 4.38. The fourth-order valence-electron chi connectivity index (χ4n) is 1.52. The number of amides is 1. The van der Waals surface area contributed by atoms with E-state index in [1.807, 2.05) is 0 Å². The molecule has 0 aliphatic carbocycles. The molecule has 0 saturated carbocycles. The largest absolute Gasteiger partial charge is 0.444 e. The number of ether oxygens (including phenoxy) is 1. The predicted molar refractivity (Wildman–Crippen MR) is 58.6 cm³/mol. The van der Waals surface area contributed by atoms with Gasteiger partial charge in [-0.3, -0.25) is 4.57 Å². The molecule has 94 valence electrons. The van der Waals surface area contributed by atoms with E-state index in [0.29, 0.717) is 13.2 Å². The molecule has 1 heterocycles. The van der Waals surface area contributed by atoms with Crippen LogP contribution in [0.5, 0.6) is 0 Å². The van der Waals surface area contributed by atoms with Crippen LogP contribution < -0.4 is 5.32 Å². The van der Waals surface area contributed by atoms with Crippen LogP contribution in [-0.2, 0) is 18.3 Å². The van der Waals surface area contributed by atoms with Gasteiger partial charge in [0.1, 0.15) is 6.10 Å². The van der Waals surface area contributed by atoms with Crippen LogP contribution in [-0.4, -0.2) is 37.6 Å². The molecule has 0 bridgehead atoms. The standard InChI is InChI=1S/C9H18NO5P/c1-4-13-16(12,14-5-2)6-8-7(3)15-9(11)10-8/h7-8H,4-6H2,1-3H3,(H,10,11)/t7-,8+/m1/s1. The van der Waals surface area contributed by atoms with Crippen molar-refractivity contribution in [2.45, 2.75) is 32.9 Å². The van der Waals surface area contributed by atoms with Crippen LogP contribution in [0.15, 0.2) is 0 Å². The molecule has 1 aliphatic rings. The minimum absolute atomic E-state index is 0.140. The van der Waals surface area contributed by atoms with Gasteiger partial charge < -0.3 is 19.1 Å². The van der Waals surface area contributed by atoms with Crippen LogP contribution >= 0.6 is 7.60 Å². The van der Waals surface area contributed by atoms with E-state index in [-0.39, 0.29) is 18.3 Å². The minimum Gasteiger partial charge on any atom is -0.444 e. The summed E-state index contributed by atoms with van der Waals surface area (Å²) in [6.45, 7) is 5.86. The van der Waals surface area contributed by atoms with E-state index in [2.05, 4.69) is 5.32 Å². The van der Waals surface area contributed by atoms with Gasteiger partial charge in [0.25, 0.3) is 0 Å². The van der Waals surface area contributed by atoms with Gasteiger partial charge >= 0.3 is 13.7 Å². The summed E-state index contributed by atoms with van der Waals surface area (Å²) in [5.41, 5.74) is 0. The third-order valence-electron chi connectivity index (χ3n) is 2.23. The second-order valence-electron chi connectivity index (χ2n) is 3.49. The van der Waals surface area contributed by atoms with Crippen molar-refractivity contribution in [2.24, 2.45) is 0 Å². The molecule has 16 heavy (non-hydrogen) atoms. The Labute approximate surface area is 95.2 Å². The second kappa shape index (κ2) is 5.66. The van der Waals surface area contributed by atoms with Gasteiger partial charge in [-0.05, 0) is 20.8 Å². The average molecular weight is 251 g/mol. The lowest BCUT2D eigenvalue weighted by molar-refractivity contribution is 0.141. The number of carbonyl (C=O) groups excluding carboxylic acids is 1. The van der Waals surface area contributed by atoms with Gasteiger partial charge in [-0.15, -0.1) is 0 Å². The topological polar surface area (TPSA) is 73.9 Å². The predicted octanol–water partition coefficient (Wildman–Crippen LogP) is 1.75. The Bertz CT molecular complexity index is 286. The van der Waals surface area contributed by atoms with Gasteiger partial charge in [0.05, 0.1) is 25.4 Å². The van der Waals surface area contributed by atoms with Crippen molar-refractivity contribution in [3.8, 4) is 0 Å². The van der Waals surface area contributed by atoms with Crippen molar-refractivity contribution in [3.05, 3.63) is 0 Å². The fourth-order valence-corrected chi connectivity index (χ4v) is 3.47. The highest BCUT2D eigenvalue weighted by Crippen LogP contribution is 2.49. The average Bonchev–Trinajstić information content (AvgIpc) is 2.45. The maximum absolute atomic E-state index is 12.2. The van der Waals surface area contributed by atoms with Crippen molar-refractivity contribution in [3.63, 3.8) is 0 Å². The summed E-state index contributed by atoms with van der Waals surface area (Å²) in [6.07, 6.45) is -0.666. The molecule has 0 unspecified atom stereocenters. The summed E-state index contributed by atoms with van der Waals surface area (Å²) in [6, 6.07) is -0.323. The Morgan fingerprint density at radius 1 is 1.38 bits per heavy atom. The Balaban J connectivity index is 2.61. The summed E-state index contributed by atoms with van der Waals surface area (Å²) in [7, 11) is -3.13. The van der Waals surface area contributed by atoms with Gasteiger partial charge in [-0.25, -0.2) is 4.79 Å². The van der Waals surface area contributed by atoms with Crippen LogP contribution in [0.3, 0.4) is 0 Å². The van der Waals surface area contributed by atoms with Crippen molar-refractivity contribution in [1.82, 2.24) is 5.32 Å². The summed E-state index contributed by atoms with van der Waals surface area (Å²) in [5.74, 6) is 0.